The first-order valence-electron chi connectivity index (χ1n) is 3.64. The van der Waals surface area contributed by atoms with E-state index in [2.05, 4.69) is 5.16 Å². The third kappa shape index (κ3) is 3.93. The molecule has 0 aliphatic carbocycles. The Kier molecular flexibility index (Phi) is 5.74. The molecular weight excluding hydrogens is 162 g/mol. The molecule has 0 amide bonds. The predicted octanol–water partition coefficient (Wildman–Crippen LogP) is 1.98. The Labute approximate surface area is 72.0 Å². The van der Waals surface area contributed by atoms with Crippen molar-refractivity contribution >= 4 is 23.0 Å². The van der Waals surface area contributed by atoms with Crippen LogP contribution in [-0.4, -0.2) is 22.6 Å². The van der Waals surface area contributed by atoms with Crippen LogP contribution < -0.4 is 0 Å². The van der Waals surface area contributed by atoms with Gasteiger partial charge >= 0.3 is 0 Å². The average Bonchev–Trinajstić information content (AvgIpc) is 2.00. The van der Waals surface area contributed by atoms with Gasteiger partial charge in [-0.15, -0.1) is 0 Å². The van der Waals surface area contributed by atoms with Crippen LogP contribution in [0.5, 0.6) is 0 Å². The summed E-state index contributed by atoms with van der Waals surface area (Å²) in [5.74, 6) is 0. The zero-order valence-electron chi connectivity index (χ0n) is 6.83. The summed E-state index contributed by atoms with van der Waals surface area (Å²) in [6, 6.07) is 0. The first kappa shape index (κ1) is 10.4. The highest BCUT2D eigenvalue weighted by Gasteiger charge is 2.06. The van der Waals surface area contributed by atoms with E-state index in [1.54, 1.807) is 0 Å². The number of oxime groups is 1. The van der Waals surface area contributed by atoms with Crippen LogP contribution in [0.1, 0.15) is 26.7 Å². The maximum absolute atomic E-state index is 8.47. The SMILES string of the molecule is CCCC(=NO)C(=S)OCC. The van der Waals surface area contributed by atoms with Gasteiger partial charge in [-0.25, -0.2) is 0 Å². The van der Waals surface area contributed by atoms with Gasteiger partial charge in [-0.1, -0.05) is 18.5 Å². The van der Waals surface area contributed by atoms with E-state index in [4.69, 9.17) is 22.2 Å². The van der Waals surface area contributed by atoms with Crippen molar-refractivity contribution in [1.29, 1.82) is 0 Å². The van der Waals surface area contributed by atoms with Crippen molar-refractivity contribution in [3.05, 3.63) is 0 Å². The molecule has 0 radical (unpaired) electrons. The number of nitrogens with zero attached hydrogens (tertiary/aromatic N) is 1. The van der Waals surface area contributed by atoms with E-state index in [9.17, 15) is 0 Å². The van der Waals surface area contributed by atoms with E-state index in [1.807, 2.05) is 13.8 Å². The molecule has 11 heavy (non-hydrogen) atoms. The molecule has 64 valence electrons. The second kappa shape index (κ2) is 6.09. The minimum atomic E-state index is 0.303. The molecular formula is C7H13NO2S. The zero-order valence-corrected chi connectivity index (χ0v) is 7.65. The van der Waals surface area contributed by atoms with Crippen LogP contribution in [0, 0.1) is 0 Å². The Bertz CT molecular complexity index is 157. The van der Waals surface area contributed by atoms with E-state index in [0.29, 0.717) is 23.8 Å². The Morgan fingerprint density at radius 2 is 2.18 bits per heavy atom. The number of hydrogen-bond acceptors (Lipinski definition) is 4. The van der Waals surface area contributed by atoms with Gasteiger partial charge in [-0.3, -0.25) is 0 Å². The highest BCUT2D eigenvalue weighted by molar-refractivity contribution is 7.81. The van der Waals surface area contributed by atoms with Crippen molar-refractivity contribution in [2.24, 2.45) is 5.16 Å². The second-order valence-electron chi connectivity index (χ2n) is 2.02. The molecule has 0 spiro atoms. The van der Waals surface area contributed by atoms with Crippen molar-refractivity contribution < 1.29 is 9.94 Å². The number of rotatable bonds is 4. The molecule has 0 aliphatic rings. The Hall–Kier alpha value is -0.640. The molecule has 3 nitrogen and oxygen atoms in total. The van der Waals surface area contributed by atoms with Gasteiger partial charge in [-0.05, 0) is 25.6 Å². The maximum Gasteiger partial charge on any atom is 0.209 e. The van der Waals surface area contributed by atoms with Gasteiger partial charge in [0.1, 0.15) is 5.71 Å². The minimum absolute atomic E-state index is 0.303. The molecule has 0 aromatic rings. The van der Waals surface area contributed by atoms with E-state index in [1.165, 1.54) is 0 Å². The predicted molar refractivity (Wildman–Crippen MR) is 48.4 cm³/mol. The van der Waals surface area contributed by atoms with Crippen molar-refractivity contribution in [2.75, 3.05) is 6.61 Å². The summed E-state index contributed by atoms with van der Waals surface area (Å²) in [4.78, 5) is 0. The van der Waals surface area contributed by atoms with E-state index >= 15 is 0 Å². The lowest BCUT2D eigenvalue weighted by Crippen LogP contribution is -2.15. The average molecular weight is 175 g/mol. The van der Waals surface area contributed by atoms with Gasteiger partial charge in [0.15, 0.2) is 0 Å². The number of thiocarbonyl (C=S) groups is 1. The van der Waals surface area contributed by atoms with Gasteiger partial charge in [0.05, 0.1) is 6.61 Å². The van der Waals surface area contributed by atoms with Crippen LogP contribution >= 0.6 is 12.2 Å². The van der Waals surface area contributed by atoms with Gasteiger partial charge in [0.2, 0.25) is 5.05 Å². The van der Waals surface area contributed by atoms with Crippen molar-refractivity contribution in [2.45, 2.75) is 26.7 Å². The number of ether oxygens (including phenoxy) is 1. The van der Waals surface area contributed by atoms with Crippen molar-refractivity contribution in [1.82, 2.24) is 0 Å². The number of hydrogen-bond donors (Lipinski definition) is 1. The highest BCUT2D eigenvalue weighted by Crippen LogP contribution is 1.96. The fraction of sp³-hybridized carbons (Fsp3) is 0.714. The smallest absolute Gasteiger partial charge is 0.209 e. The molecule has 0 bridgehead atoms. The van der Waals surface area contributed by atoms with Crippen LogP contribution in [0.25, 0.3) is 0 Å². The first-order chi connectivity index (χ1) is 5.26. The monoisotopic (exact) mass is 175 g/mol. The van der Waals surface area contributed by atoms with Crippen molar-refractivity contribution in [3.63, 3.8) is 0 Å². The molecule has 0 unspecified atom stereocenters. The molecule has 4 heteroatoms. The molecule has 0 fully saturated rings. The third-order valence-electron chi connectivity index (χ3n) is 1.12. The molecule has 1 N–H and O–H groups in total. The fourth-order valence-electron chi connectivity index (χ4n) is 0.644. The normalized spacial score (nSPS) is 11.3. The largest absolute Gasteiger partial charge is 0.482 e. The quantitative estimate of drug-likeness (QED) is 0.307. The topological polar surface area (TPSA) is 41.8 Å². The highest BCUT2D eigenvalue weighted by atomic mass is 32.1. The van der Waals surface area contributed by atoms with Crippen molar-refractivity contribution in [3.8, 4) is 0 Å². The summed E-state index contributed by atoms with van der Waals surface area (Å²) < 4.78 is 4.99. The van der Waals surface area contributed by atoms with Crippen LogP contribution in [0.4, 0.5) is 0 Å². The van der Waals surface area contributed by atoms with Crippen LogP contribution in [-0.2, 0) is 4.74 Å². The Morgan fingerprint density at radius 3 is 2.55 bits per heavy atom. The standard InChI is InChI=1S/C7H13NO2S/c1-3-5-6(8-9)7(11)10-4-2/h9H,3-5H2,1-2H3. The maximum atomic E-state index is 8.47. The van der Waals surface area contributed by atoms with Crippen LogP contribution in [0.15, 0.2) is 5.16 Å². The Balaban J connectivity index is 3.94. The van der Waals surface area contributed by atoms with E-state index < -0.39 is 0 Å². The summed E-state index contributed by atoms with van der Waals surface area (Å²) in [7, 11) is 0. The molecule has 0 saturated carbocycles. The lowest BCUT2D eigenvalue weighted by Gasteiger charge is -2.04. The molecule has 0 aromatic heterocycles. The Morgan fingerprint density at radius 1 is 1.55 bits per heavy atom. The minimum Gasteiger partial charge on any atom is -0.482 e. The lowest BCUT2D eigenvalue weighted by atomic mass is 10.2. The van der Waals surface area contributed by atoms with Gasteiger partial charge < -0.3 is 9.94 Å². The zero-order chi connectivity index (χ0) is 8.69. The van der Waals surface area contributed by atoms with E-state index in [0.717, 1.165) is 6.42 Å². The van der Waals surface area contributed by atoms with Gasteiger partial charge in [0.25, 0.3) is 0 Å². The summed E-state index contributed by atoms with van der Waals surface area (Å²) in [5.41, 5.74) is 0.462. The van der Waals surface area contributed by atoms with Crippen LogP contribution in [0.3, 0.4) is 0 Å². The lowest BCUT2D eigenvalue weighted by molar-refractivity contribution is 0.311. The fourth-order valence-corrected chi connectivity index (χ4v) is 0.905. The molecule has 0 aromatic carbocycles. The molecule has 0 atom stereocenters. The summed E-state index contributed by atoms with van der Waals surface area (Å²) in [6.07, 6.45) is 1.56. The second-order valence-corrected chi connectivity index (χ2v) is 2.39. The van der Waals surface area contributed by atoms with Crippen LogP contribution in [0.2, 0.25) is 0 Å². The first-order valence-corrected chi connectivity index (χ1v) is 4.05. The van der Waals surface area contributed by atoms with E-state index in [-0.39, 0.29) is 0 Å². The summed E-state index contributed by atoms with van der Waals surface area (Å²) in [5, 5.41) is 11.8. The molecule has 0 heterocycles. The molecule has 0 aliphatic heterocycles. The molecule has 0 saturated heterocycles. The van der Waals surface area contributed by atoms with Gasteiger partial charge in [-0.2, -0.15) is 0 Å². The summed E-state index contributed by atoms with van der Waals surface area (Å²) in [6.45, 7) is 4.34. The van der Waals surface area contributed by atoms with Gasteiger partial charge in [0, 0.05) is 0 Å². The third-order valence-corrected chi connectivity index (χ3v) is 1.47. The summed E-state index contributed by atoms with van der Waals surface area (Å²) >= 11 is 4.83. The molecule has 0 rings (SSSR count).